The maximum Gasteiger partial charge on any atom is 0.308 e. The molecule has 2 aromatic carbocycles. The van der Waals surface area contributed by atoms with Gasteiger partial charge in [0.1, 0.15) is 5.75 Å². The lowest BCUT2D eigenvalue weighted by Crippen LogP contribution is -2.23. The summed E-state index contributed by atoms with van der Waals surface area (Å²) in [5.74, 6) is -1.23. The minimum Gasteiger partial charge on any atom is -0.426 e. The van der Waals surface area contributed by atoms with Gasteiger partial charge in [0, 0.05) is 23.7 Å². The van der Waals surface area contributed by atoms with Crippen LogP contribution in [0.2, 0.25) is 0 Å². The van der Waals surface area contributed by atoms with Crippen LogP contribution in [0.4, 0.5) is 5.69 Å². The summed E-state index contributed by atoms with van der Waals surface area (Å²) in [6, 6.07) is 9.38. The number of carbonyl (C=O) groups excluding carboxylic acids is 3. The smallest absolute Gasteiger partial charge is 0.308 e. The largest absolute Gasteiger partial charge is 0.426 e. The Morgan fingerprint density at radius 3 is 2.10 bits per heavy atom. The van der Waals surface area contributed by atoms with Crippen LogP contribution < -0.4 is 10.5 Å². The Morgan fingerprint density at radius 1 is 0.952 bits per heavy atom. The fraction of sp³-hybridized carbons (Fsp3) is 0.0625. The van der Waals surface area contributed by atoms with Gasteiger partial charge in [-0.2, -0.15) is 0 Å². The molecule has 0 atom stereocenters. The topological polar surface area (TPSA) is 86.5 Å². The molecule has 0 saturated heterocycles. The number of benzene rings is 2. The van der Waals surface area contributed by atoms with Gasteiger partial charge in [0.05, 0.1) is 11.1 Å². The molecule has 0 bridgehead atoms. The van der Waals surface area contributed by atoms with Crippen molar-refractivity contribution in [2.24, 2.45) is 0 Å². The van der Waals surface area contributed by atoms with E-state index in [2.05, 4.69) is 0 Å². The monoisotopic (exact) mass is 281 g/mol. The van der Waals surface area contributed by atoms with Crippen molar-refractivity contribution in [3.8, 4) is 5.75 Å². The molecule has 2 N–H and O–H groups in total. The van der Waals surface area contributed by atoms with Gasteiger partial charge in [-0.1, -0.05) is 24.3 Å². The average molecular weight is 281 g/mol. The zero-order valence-electron chi connectivity index (χ0n) is 11.2. The summed E-state index contributed by atoms with van der Waals surface area (Å²) in [7, 11) is 0. The first-order chi connectivity index (χ1) is 10.0. The Morgan fingerprint density at radius 2 is 1.52 bits per heavy atom. The third-order valence-electron chi connectivity index (χ3n) is 3.32. The van der Waals surface area contributed by atoms with E-state index in [1.807, 2.05) is 0 Å². The number of hydrogen-bond acceptors (Lipinski definition) is 5. The van der Waals surface area contributed by atoms with Gasteiger partial charge in [-0.15, -0.1) is 0 Å². The van der Waals surface area contributed by atoms with E-state index in [1.165, 1.54) is 19.1 Å². The minimum atomic E-state index is -0.568. The van der Waals surface area contributed by atoms with E-state index in [0.29, 0.717) is 5.56 Å². The highest BCUT2D eigenvalue weighted by atomic mass is 16.5. The third kappa shape index (κ3) is 1.90. The highest BCUT2D eigenvalue weighted by Gasteiger charge is 2.34. The van der Waals surface area contributed by atoms with Gasteiger partial charge < -0.3 is 10.5 Å². The molecule has 5 nitrogen and oxygen atoms in total. The lowest BCUT2D eigenvalue weighted by atomic mass is 9.83. The van der Waals surface area contributed by atoms with Crippen LogP contribution in [0.5, 0.6) is 5.75 Å². The molecule has 1 aliphatic carbocycles. The molecule has 5 heteroatoms. The standard InChI is InChI=1S/C16H11NO4/c1-8(18)21-12-7-6-11(17)13-14(12)16(20)10-5-3-2-4-9(10)15(13)19/h2-7H,17H2,1H3. The molecule has 0 radical (unpaired) electrons. The summed E-state index contributed by atoms with van der Waals surface area (Å²) in [6.45, 7) is 1.23. The second kappa shape index (κ2) is 4.56. The van der Waals surface area contributed by atoms with E-state index in [4.69, 9.17) is 10.5 Å². The van der Waals surface area contributed by atoms with Crippen molar-refractivity contribution in [3.05, 3.63) is 58.7 Å². The number of nitrogen functional groups attached to an aromatic ring is 1. The van der Waals surface area contributed by atoms with E-state index < -0.39 is 5.97 Å². The molecule has 0 fully saturated rings. The van der Waals surface area contributed by atoms with Crippen LogP contribution in [0.3, 0.4) is 0 Å². The molecule has 1 aliphatic rings. The van der Waals surface area contributed by atoms with Gasteiger partial charge in [0.2, 0.25) is 0 Å². The highest BCUT2D eigenvalue weighted by molar-refractivity contribution is 6.31. The molecule has 0 aliphatic heterocycles. The summed E-state index contributed by atoms with van der Waals surface area (Å²) >= 11 is 0. The fourth-order valence-electron chi connectivity index (χ4n) is 2.46. The SMILES string of the molecule is CC(=O)Oc1ccc(N)c2c1C(=O)c1ccccc1C2=O. The summed E-state index contributed by atoms with van der Waals surface area (Å²) in [5.41, 5.74) is 6.76. The molecule has 21 heavy (non-hydrogen) atoms. The average Bonchev–Trinajstić information content (AvgIpc) is 2.46. The van der Waals surface area contributed by atoms with Gasteiger partial charge in [0.25, 0.3) is 0 Å². The molecule has 0 amide bonds. The van der Waals surface area contributed by atoms with Gasteiger partial charge in [-0.05, 0) is 12.1 Å². The summed E-state index contributed by atoms with van der Waals surface area (Å²) in [5, 5.41) is 0. The number of ether oxygens (including phenoxy) is 1. The first-order valence-corrected chi connectivity index (χ1v) is 6.30. The van der Waals surface area contributed by atoms with Crippen molar-refractivity contribution in [2.75, 3.05) is 5.73 Å². The van der Waals surface area contributed by atoms with Crippen molar-refractivity contribution in [1.29, 1.82) is 0 Å². The second-order valence-electron chi connectivity index (χ2n) is 4.70. The van der Waals surface area contributed by atoms with E-state index in [1.54, 1.807) is 24.3 Å². The maximum absolute atomic E-state index is 12.6. The van der Waals surface area contributed by atoms with Gasteiger partial charge >= 0.3 is 5.97 Å². The molecule has 104 valence electrons. The Kier molecular flexibility index (Phi) is 2.83. The number of esters is 1. The molecule has 2 aromatic rings. The first-order valence-electron chi connectivity index (χ1n) is 6.30. The maximum atomic E-state index is 12.6. The van der Waals surface area contributed by atoms with Crippen LogP contribution in [-0.2, 0) is 4.79 Å². The Bertz CT molecular complexity index is 808. The number of anilines is 1. The fourth-order valence-corrected chi connectivity index (χ4v) is 2.46. The van der Waals surface area contributed by atoms with E-state index >= 15 is 0 Å². The predicted octanol–water partition coefficient (Wildman–Crippen LogP) is 1.97. The van der Waals surface area contributed by atoms with Gasteiger partial charge in [0.15, 0.2) is 11.6 Å². The summed E-state index contributed by atoms with van der Waals surface area (Å²) < 4.78 is 5.03. The molecular weight excluding hydrogens is 270 g/mol. The van der Waals surface area contributed by atoms with Crippen molar-refractivity contribution in [3.63, 3.8) is 0 Å². The van der Waals surface area contributed by atoms with Crippen LogP contribution in [-0.4, -0.2) is 17.5 Å². The Labute approximate surface area is 120 Å². The minimum absolute atomic E-state index is 0.0499. The van der Waals surface area contributed by atoms with Crippen LogP contribution in [0.15, 0.2) is 36.4 Å². The van der Waals surface area contributed by atoms with Crippen LogP contribution in [0, 0.1) is 0 Å². The number of rotatable bonds is 1. The number of carbonyl (C=O) groups is 3. The van der Waals surface area contributed by atoms with E-state index in [9.17, 15) is 14.4 Å². The van der Waals surface area contributed by atoms with E-state index in [0.717, 1.165) is 0 Å². The quantitative estimate of drug-likeness (QED) is 0.418. The third-order valence-corrected chi connectivity index (χ3v) is 3.32. The number of ketones is 2. The zero-order valence-corrected chi connectivity index (χ0v) is 11.2. The summed E-state index contributed by atoms with van der Waals surface area (Å²) in [4.78, 5) is 36.3. The van der Waals surface area contributed by atoms with Gasteiger partial charge in [-0.25, -0.2) is 0 Å². The Hall–Kier alpha value is -2.95. The van der Waals surface area contributed by atoms with Crippen LogP contribution >= 0.6 is 0 Å². The molecule has 0 aromatic heterocycles. The van der Waals surface area contributed by atoms with E-state index in [-0.39, 0.29) is 39.7 Å². The van der Waals surface area contributed by atoms with Gasteiger partial charge in [-0.3, -0.25) is 14.4 Å². The van der Waals surface area contributed by atoms with Crippen LogP contribution in [0.25, 0.3) is 0 Å². The number of fused-ring (bicyclic) bond motifs is 2. The lowest BCUT2D eigenvalue weighted by Gasteiger charge is -2.20. The van der Waals surface area contributed by atoms with Crippen molar-refractivity contribution in [2.45, 2.75) is 6.92 Å². The normalized spacial score (nSPS) is 12.6. The van der Waals surface area contributed by atoms with Crippen molar-refractivity contribution in [1.82, 2.24) is 0 Å². The zero-order chi connectivity index (χ0) is 15.1. The molecule has 0 heterocycles. The highest BCUT2D eigenvalue weighted by Crippen LogP contribution is 2.36. The summed E-state index contributed by atoms with van der Waals surface area (Å²) in [6.07, 6.45) is 0. The molecule has 0 saturated carbocycles. The molecular formula is C16H11NO4. The number of nitrogens with two attached hydrogens (primary N) is 1. The molecule has 0 unspecified atom stereocenters. The predicted molar refractivity (Wildman–Crippen MR) is 75.5 cm³/mol. The molecule has 0 spiro atoms. The second-order valence-corrected chi connectivity index (χ2v) is 4.70. The van der Waals surface area contributed by atoms with Crippen molar-refractivity contribution >= 4 is 23.2 Å². The molecule has 3 rings (SSSR count). The van der Waals surface area contributed by atoms with Crippen molar-refractivity contribution < 1.29 is 19.1 Å². The Balaban J connectivity index is 2.31. The number of hydrogen-bond donors (Lipinski definition) is 1. The lowest BCUT2D eigenvalue weighted by molar-refractivity contribution is -0.131. The first kappa shape index (κ1) is 13.1. The van der Waals surface area contributed by atoms with Crippen LogP contribution in [0.1, 0.15) is 38.8 Å².